The molecule has 7 heteroatoms. The number of fused-ring (bicyclic) bond motifs is 1. The summed E-state index contributed by atoms with van der Waals surface area (Å²) >= 11 is 1.70. The lowest BCUT2D eigenvalue weighted by atomic mass is 9.88. The van der Waals surface area contributed by atoms with Crippen molar-refractivity contribution in [2.75, 3.05) is 13.1 Å². The number of H-pyrrole nitrogens is 1. The second kappa shape index (κ2) is 7.14. The first kappa shape index (κ1) is 17.1. The summed E-state index contributed by atoms with van der Waals surface area (Å²) in [6.07, 6.45) is 5.36. The highest BCUT2D eigenvalue weighted by atomic mass is 32.1. The van der Waals surface area contributed by atoms with Crippen LogP contribution in [0, 0.1) is 18.3 Å². The van der Waals surface area contributed by atoms with Crippen molar-refractivity contribution in [2.24, 2.45) is 5.73 Å². The molecule has 1 atom stereocenters. The standard InChI is InChI=1S/C19H23N5OS/c1-12-16-17(14(9-20)18(21)25-19(16)23-22-12)15-8-13(11-26-15)10-24-6-4-2-3-5-7-24/h8,11,17H,2-7,10,21H2,1H3,(H,22,23)/p+1/t17-/m0/s1. The average molecular weight is 371 g/mol. The SMILES string of the molecule is Cc1[nH]nc2c1[C@H](c1cc(C[NH+]3CCCCCC3)cs1)C(C#N)=C(N)O2. The number of hydrogen-bond donors (Lipinski definition) is 3. The third kappa shape index (κ3) is 3.11. The number of likely N-dealkylation sites (tertiary alicyclic amines) is 1. The molecule has 0 saturated carbocycles. The van der Waals surface area contributed by atoms with Gasteiger partial charge in [-0.05, 0) is 44.1 Å². The lowest BCUT2D eigenvalue weighted by Crippen LogP contribution is -3.10. The maximum absolute atomic E-state index is 9.65. The van der Waals surface area contributed by atoms with Gasteiger partial charge in [-0.1, -0.05) is 0 Å². The molecular formula is C19H24N5OS+. The molecule has 4 rings (SSSR count). The third-order valence-electron chi connectivity index (χ3n) is 5.35. The van der Waals surface area contributed by atoms with Crippen LogP contribution in [0.2, 0.25) is 0 Å². The number of rotatable bonds is 3. The van der Waals surface area contributed by atoms with Gasteiger partial charge < -0.3 is 15.4 Å². The van der Waals surface area contributed by atoms with Crippen LogP contribution in [0.1, 0.15) is 53.3 Å². The summed E-state index contributed by atoms with van der Waals surface area (Å²) in [6, 6.07) is 4.48. The van der Waals surface area contributed by atoms with E-state index in [4.69, 9.17) is 10.5 Å². The van der Waals surface area contributed by atoms with Crippen molar-refractivity contribution in [1.29, 1.82) is 5.26 Å². The molecule has 2 aliphatic rings. The van der Waals surface area contributed by atoms with Crippen molar-refractivity contribution < 1.29 is 9.64 Å². The van der Waals surface area contributed by atoms with Gasteiger partial charge in [0, 0.05) is 16.1 Å². The highest BCUT2D eigenvalue weighted by molar-refractivity contribution is 7.10. The molecule has 26 heavy (non-hydrogen) atoms. The number of aryl methyl sites for hydroxylation is 1. The van der Waals surface area contributed by atoms with E-state index in [1.807, 2.05) is 6.92 Å². The molecule has 2 aromatic rings. The Hall–Kier alpha value is -2.30. The molecular weight excluding hydrogens is 346 g/mol. The first-order valence-electron chi connectivity index (χ1n) is 9.20. The number of thiophene rings is 1. The normalized spacial score (nSPS) is 21.0. The molecule has 0 radical (unpaired) electrons. The minimum Gasteiger partial charge on any atom is -0.420 e. The van der Waals surface area contributed by atoms with Crippen LogP contribution in [0.4, 0.5) is 0 Å². The number of nitrogens with two attached hydrogens (primary N) is 1. The van der Waals surface area contributed by atoms with E-state index in [9.17, 15) is 5.26 Å². The fourth-order valence-electron chi connectivity index (χ4n) is 4.02. The number of quaternary nitrogens is 1. The maximum atomic E-state index is 9.65. The number of nitriles is 1. The number of aromatic amines is 1. The van der Waals surface area contributed by atoms with E-state index in [2.05, 4.69) is 27.7 Å². The molecule has 6 nitrogen and oxygen atoms in total. The summed E-state index contributed by atoms with van der Waals surface area (Å²) in [5.41, 5.74) is 9.64. The largest absolute Gasteiger partial charge is 0.420 e. The van der Waals surface area contributed by atoms with E-state index in [-0.39, 0.29) is 11.8 Å². The Kier molecular flexibility index (Phi) is 4.70. The third-order valence-corrected chi connectivity index (χ3v) is 6.40. The van der Waals surface area contributed by atoms with Crippen molar-refractivity contribution >= 4 is 11.3 Å². The highest BCUT2D eigenvalue weighted by Gasteiger charge is 2.35. The van der Waals surface area contributed by atoms with Gasteiger partial charge in [0.15, 0.2) is 0 Å². The molecule has 136 valence electrons. The molecule has 0 unspecified atom stereocenters. The fraction of sp³-hybridized carbons (Fsp3) is 0.474. The van der Waals surface area contributed by atoms with Crippen molar-refractivity contribution in [3.8, 4) is 11.9 Å². The van der Waals surface area contributed by atoms with Crippen molar-refractivity contribution in [1.82, 2.24) is 10.2 Å². The number of allylic oxidation sites excluding steroid dienone is 1. The van der Waals surface area contributed by atoms with Crippen LogP contribution in [0.15, 0.2) is 22.9 Å². The zero-order chi connectivity index (χ0) is 18.1. The van der Waals surface area contributed by atoms with Gasteiger partial charge in [0.2, 0.25) is 11.8 Å². The summed E-state index contributed by atoms with van der Waals surface area (Å²) in [5.74, 6) is 0.446. The van der Waals surface area contributed by atoms with Gasteiger partial charge in [-0.3, -0.25) is 5.10 Å². The number of ether oxygens (including phenoxy) is 1. The minimum absolute atomic E-state index is 0.157. The van der Waals surface area contributed by atoms with Crippen LogP contribution in [0.25, 0.3) is 0 Å². The van der Waals surface area contributed by atoms with Gasteiger partial charge in [-0.15, -0.1) is 16.4 Å². The van der Waals surface area contributed by atoms with E-state index in [0.717, 1.165) is 22.7 Å². The predicted molar refractivity (Wildman–Crippen MR) is 99.8 cm³/mol. The predicted octanol–water partition coefficient (Wildman–Crippen LogP) is 1.96. The van der Waals surface area contributed by atoms with Gasteiger partial charge >= 0.3 is 0 Å². The van der Waals surface area contributed by atoms with Crippen LogP contribution in [-0.4, -0.2) is 23.3 Å². The lowest BCUT2D eigenvalue weighted by Gasteiger charge is -2.22. The number of nitrogens with zero attached hydrogens (tertiary/aromatic N) is 2. The lowest BCUT2D eigenvalue weighted by molar-refractivity contribution is -0.913. The smallest absolute Gasteiger partial charge is 0.244 e. The van der Waals surface area contributed by atoms with Gasteiger partial charge in [0.1, 0.15) is 18.2 Å². The molecule has 4 N–H and O–H groups in total. The van der Waals surface area contributed by atoms with Crippen LogP contribution in [0.5, 0.6) is 5.88 Å². The number of hydrogen-bond acceptors (Lipinski definition) is 5. The molecule has 0 aromatic carbocycles. The van der Waals surface area contributed by atoms with Gasteiger partial charge in [-0.25, -0.2) is 0 Å². The van der Waals surface area contributed by atoms with Gasteiger partial charge in [0.05, 0.1) is 24.6 Å². The van der Waals surface area contributed by atoms with Crippen molar-refractivity contribution in [2.45, 2.75) is 45.1 Å². The van der Waals surface area contributed by atoms with E-state index in [1.165, 1.54) is 44.3 Å². The number of aromatic nitrogens is 2. The van der Waals surface area contributed by atoms with Crippen LogP contribution in [0.3, 0.4) is 0 Å². The van der Waals surface area contributed by atoms with Gasteiger partial charge in [-0.2, -0.15) is 5.26 Å². The fourth-order valence-corrected chi connectivity index (χ4v) is 5.05. The molecule has 2 aliphatic heterocycles. The van der Waals surface area contributed by atoms with E-state index in [1.54, 1.807) is 16.2 Å². The van der Waals surface area contributed by atoms with Crippen LogP contribution in [-0.2, 0) is 6.54 Å². The Bertz CT molecular complexity index is 867. The van der Waals surface area contributed by atoms with E-state index >= 15 is 0 Å². The summed E-state index contributed by atoms with van der Waals surface area (Å²) in [6.45, 7) is 5.51. The monoisotopic (exact) mass is 370 g/mol. The van der Waals surface area contributed by atoms with Crippen molar-refractivity contribution in [3.63, 3.8) is 0 Å². The summed E-state index contributed by atoms with van der Waals surface area (Å²) < 4.78 is 5.54. The zero-order valence-corrected chi connectivity index (χ0v) is 15.8. The molecule has 1 fully saturated rings. The Balaban J connectivity index is 1.63. The molecule has 4 heterocycles. The second-order valence-corrected chi connectivity index (χ2v) is 8.13. The average Bonchev–Trinajstić information content (AvgIpc) is 3.13. The van der Waals surface area contributed by atoms with Crippen LogP contribution < -0.4 is 15.4 Å². The van der Waals surface area contributed by atoms with Gasteiger partial charge in [0.25, 0.3) is 0 Å². The molecule has 0 bridgehead atoms. The Morgan fingerprint density at radius 3 is 2.88 bits per heavy atom. The molecule has 2 aromatic heterocycles. The molecule has 1 saturated heterocycles. The highest BCUT2D eigenvalue weighted by Crippen LogP contribution is 2.44. The molecule has 0 spiro atoms. The van der Waals surface area contributed by atoms with E-state index in [0.29, 0.717) is 11.5 Å². The summed E-state index contributed by atoms with van der Waals surface area (Å²) in [4.78, 5) is 2.79. The second-order valence-electron chi connectivity index (χ2n) is 7.19. The molecule has 0 aliphatic carbocycles. The Labute approximate surface area is 157 Å². The Morgan fingerprint density at radius 2 is 2.15 bits per heavy atom. The molecule has 0 amide bonds. The van der Waals surface area contributed by atoms with Crippen LogP contribution >= 0.6 is 11.3 Å². The summed E-state index contributed by atoms with van der Waals surface area (Å²) in [5, 5.41) is 19.0. The Morgan fingerprint density at radius 1 is 1.38 bits per heavy atom. The number of nitrogens with one attached hydrogen (secondary N) is 2. The summed E-state index contributed by atoms with van der Waals surface area (Å²) in [7, 11) is 0. The maximum Gasteiger partial charge on any atom is 0.244 e. The minimum atomic E-state index is -0.194. The van der Waals surface area contributed by atoms with Crippen molar-refractivity contribution in [3.05, 3.63) is 44.6 Å². The first-order valence-corrected chi connectivity index (χ1v) is 10.1. The topological polar surface area (TPSA) is 92.2 Å². The van der Waals surface area contributed by atoms with E-state index < -0.39 is 0 Å². The quantitative estimate of drug-likeness (QED) is 0.770. The zero-order valence-electron chi connectivity index (χ0n) is 15.0. The first-order chi connectivity index (χ1) is 12.7.